The minimum absolute atomic E-state index is 0.116. The van der Waals surface area contributed by atoms with Gasteiger partial charge >= 0.3 is 0 Å². The van der Waals surface area contributed by atoms with Crippen molar-refractivity contribution in [2.24, 2.45) is 33.0 Å². The third-order valence-electron chi connectivity index (χ3n) is 23.6. The number of anilines is 4. The molecule has 0 amide bonds. The van der Waals surface area contributed by atoms with Gasteiger partial charge in [0.15, 0.2) is 69.6 Å². The molecule has 18 rings (SSSR count). The van der Waals surface area contributed by atoms with Gasteiger partial charge in [-0.05, 0) is 238 Å². The zero-order valence-electron chi connectivity index (χ0n) is 78.5. The van der Waals surface area contributed by atoms with Gasteiger partial charge in [-0.3, -0.25) is 18.7 Å². The van der Waals surface area contributed by atoms with E-state index in [9.17, 15) is 22.0 Å². The Morgan fingerprint density at radius 2 is 0.688 bits per heavy atom. The van der Waals surface area contributed by atoms with Gasteiger partial charge in [0.05, 0.1) is 79.5 Å². The average molecular weight is 1950 g/mol. The third kappa shape index (κ3) is 23.8. The Bertz CT molecular complexity index is 6900. The van der Waals surface area contributed by atoms with Crippen molar-refractivity contribution in [1.82, 2.24) is 155 Å². The minimum Gasteiger partial charge on any atom is -0.490 e. The predicted octanol–water partition coefficient (Wildman–Crippen LogP) is 12.8. The molecule has 0 unspecified atom stereocenters. The summed E-state index contributed by atoms with van der Waals surface area (Å²) in [5, 5.41) is 69.1. The number of nitrogens with one attached hydrogen (secondary N) is 2. The quantitative estimate of drug-likeness (QED) is 0.0159. The number of nitrogens with zero attached hydrogens (tertiary/aromatic N) is 29. The SMILES string of the molecule is CCC1CCC(COc2ccc(-n3nnnc3-c3cc(-c4cnn(C)c4)cnc3N)c(F)c2F)CC1.CN(C)CCCCOc1ccc(-n2nnnc2-c2cc(-c3cnn(C)c3)cnc2N)c(F)c1F.CNCCCCOc1ccc(-n2nnnc2-c2cc(-c3cnn(C)c3)cnc2N)c(F)c1F.CNCCCCOc1ccc(-n2nnnc2-c2cc(-c3cnn(C4CCOCC4)c3)cnc2N)c(F)c1F. The number of unbranched alkanes of at least 4 members (excludes halogenated alkanes) is 3. The number of tetrazole rings is 4. The van der Waals surface area contributed by atoms with Crippen molar-refractivity contribution in [2.75, 3.05) is 110 Å². The fraction of sp³-hybridized carbons (Fsp3) is 0.355. The van der Waals surface area contributed by atoms with E-state index < -0.39 is 46.5 Å². The highest BCUT2D eigenvalue weighted by atomic mass is 19.2. The van der Waals surface area contributed by atoms with E-state index in [1.165, 1.54) is 55.0 Å². The molecule has 1 saturated carbocycles. The fourth-order valence-corrected chi connectivity index (χ4v) is 15.8. The van der Waals surface area contributed by atoms with Crippen molar-refractivity contribution >= 4 is 23.3 Å². The maximum Gasteiger partial charge on any atom is 0.202 e. The molecular weight excluding hydrogens is 1840 g/mol. The molecule has 16 aromatic rings. The third-order valence-corrected chi connectivity index (χ3v) is 23.6. The van der Waals surface area contributed by atoms with Crippen LogP contribution < -0.4 is 52.5 Å². The number of nitrogens with two attached hydrogens (primary N) is 4. The van der Waals surface area contributed by atoms with Crippen LogP contribution in [-0.2, 0) is 25.9 Å². The Hall–Kier alpha value is -15.7. The maximum atomic E-state index is 15.2. The molecule has 2 fully saturated rings. The van der Waals surface area contributed by atoms with Gasteiger partial charge in [-0.25, -0.2) is 37.5 Å². The van der Waals surface area contributed by atoms with Crippen molar-refractivity contribution in [3.8, 4) is 136 Å². The Morgan fingerprint density at radius 1 is 0.376 bits per heavy atom. The second-order valence-corrected chi connectivity index (χ2v) is 33.7. The molecule has 141 heavy (non-hydrogen) atoms. The molecular formula is C93H105F8N35O5. The molecule has 1 aliphatic heterocycles. The van der Waals surface area contributed by atoms with Crippen LogP contribution in [0.3, 0.4) is 0 Å². The molecule has 0 bridgehead atoms. The Balaban J connectivity index is 0.000000142. The van der Waals surface area contributed by atoms with Gasteiger partial charge in [0.2, 0.25) is 23.3 Å². The minimum atomic E-state index is -1.13. The van der Waals surface area contributed by atoms with Crippen LogP contribution in [0.1, 0.15) is 96.4 Å². The van der Waals surface area contributed by atoms with Crippen LogP contribution in [0.5, 0.6) is 23.0 Å². The first-order valence-electron chi connectivity index (χ1n) is 45.5. The van der Waals surface area contributed by atoms with E-state index in [4.69, 9.17) is 46.6 Å². The largest absolute Gasteiger partial charge is 0.490 e. The summed E-state index contributed by atoms with van der Waals surface area (Å²) < 4.78 is 158. The topological polar surface area (TPSA) is 475 Å². The van der Waals surface area contributed by atoms with Crippen molar-refractivity contribution < 1.29 is 58.8 Å². The highest BCUT2D eigenvalue weighted by molar-refractivity contribution is 5.80. The van der Waals surface area contributed by atoms with Crippen LogP contribution in [0.2, 0.25) is 0 Å². The summed E-state index contributed by atoms with van der Waals surface area (Å²) in [4.78, 5) is 19.0. The van der Waals surface area contributed by atoms with Crippen LogP contribution in [-0.4, -0.2) is 232 Å². The molecule has 0 radical (unpaired) electrons. The van der Waals surface area contributed by atoms with Gasteiger partial charge in [0.1, 0.15) is 46.0 Å². The van der Waals surface area contributed by atoms with Crippen molar-refractivity contribution in [3.63, 3.8) is 0 Å². The van der Waals surface area contributed by atoms with E-state index in [1.807, 2.05) is 62.6 Å². The smallest absolute Gasteiger partial charge is 0.202 e. The van der Waals surface area contributed by atoms with Gasteiger partial charge in [-0.2, -0.15) is 56.7 Å². The standard InChI is InChI=1S/C25H29F2N9O2.C25H28F2N8O.C22H25F2N9O.C21H23F2N9O/c1-29-8-2-3-9-38-21-5-4-20(22(26)23(21)27)36-25(32-33-34-36)19-12-16(13-30-24(19)28)17-14-31-35(15-17)18-6-10-37-11-7-18;1-3-15-4-6-16(7-5-15)14-36-21-9-8-20(22(26)23(21)27)35-25(31-32-33-35)19-10-17(11-29-24(19)28)18-12-30-34(2)13-18;1-31(2)8-4-5-9-34-18-7-6-17(19(23)20(18)24)33-22(28-29-30-33)16-10-14(11-26-21(16)25)15-12-27-32(3)13-15;1-25-7-3-4-8-33-17-6-5-16(18(22)19(17)23)32-21(28-29-30-32)15-9-13(10-26-20(15)24)14-11-27-31(2)12-14/h4-5,12-15,18,29H,2-3,6-11H2,1H3,(H2,28,30);8-13,15-16H,3-7,14H2,1-2H3,(H2,28,29);6-7,10-13H,4-5,8-9H2,1-3H3,(H2,25,26);5-6,9-12,25H,3-4,7-8H2,1-2H3,(H2,24,26). The van der Waals surface area contributed by atoms with E-state index >= 15 is 13.2 Å². The van der Waals surface area contributed by atoms with Crippen LogP contribution in [0.25, 0.3) is 113 Å². The van der Waals surface area contributed by atoms with Crippen molar-refractivity contribution in [2.45, 2.75) is 96.4 Å². The summed E-state index contributed by atoms with van der Waals surface area (Å²) in [5.74, 6) is -7.38. The van der Waals surface area contributed by atoms with Crippen LogP contribution in [0, 0.1) is 58.4 Å². The average Bonchev–Trinajstić information content (AvgIpc) is 1.73. The Morgan fingerprint density at radius 3 is 1.00 bits per heavy atom. The van der Waals surface area contributed by atoms with Gasteiger partial charge in [-0.15, -0.1) is 20.4 Å². The fourth-order valence-electron chi connectivity index (χ4n) is 15.8. The van der Waals surface area contributed by atoms with Gasteiger partial charge in [-0.1, -0.05) is 26.2 Å². The van der Waals surface area contributed by atoms with E-state index in [2.05, 4.69) is 120 Å². The number of aromatic nitrogens is 28. The summed E-state index contributed by atoms with van der Waals surface area (Å²) >= 11 is 0. The summed E-state index contributed by atoms with van der Waals surface area (Å²) in [6.07, 6.45) is 32.7. The van der Waals surface area contributed by atoms with Crippen LogP contribution in [0.4, 0.5) is 58.4 Å². The number of nitrogen functional groups attached to an aromatic ring is 4. The number of pyridine rings is 4. The van der Waals surface area contributed by atoms with Crippen molar-refractivity contribution in [3.05, 3.63) is 194 Å². The Labute approximate surface area is 803 Å². The van der Waals surface area contributed by atoms with Crippen molar-refractivity contribution in [1.29, 1.82) is 0 Å². The Kier molecular flexibility index (Phi) is 33.0. The molecule has 738 valence electrons. The molecule has 0 spiro atoms. The van der Waals surface area contributed by atoms with E-state index in [0.29, 0.717) is 60.8 Å². The van der Waals surface area contributed by atoms with Gasteiger partial charge in [0.25, 0.3) is 0 Å². The molecule has 13 heterocycles. The first kappa shape index (κ1) is 99.7. The lowest BCUT2D eigenvalue weighted by molar-refractivity contribution is 0.0662. The highest BCUT2D eigenvalue weighted by Crippen LogP contribution is 2.40. The number of hydrogen-bond acceptors (Lipinski definition) is 32. The lowest BCUT2D eigenvalue weighted by Gasteiger charge is -2.27. The number of hydrogen-bond donors (Lipinski definition) is 6. The zero-order valence-corrected chi connectivity index (χ0v) is 78.5. The number of rotatable bonds is 35. The lowest BCUT2D eigenvalue weighted by atomic mass is 9.81. The monoisotopic (exact) mass is 1940 g/mol. The van der Waals surface area contributed by atoms with E-state index in [1.54, 1.807) is 109 Å². The molecule has 4 aromatic carbocycles. The second-order valence-electron chi connectivity index (χ2n) is 33.7. The summed E-state index contributed by atoms with van der Waals surface area (Å²) in [6.45, 7) is 7.34. The summed E-state index contributed by atoms with van der Waals surface area (Å²) in [7, 11) is 13.0. The molecule has 12 aromatic heterocycles. The second kappa shape index (κ2) is 46.6. The highest BCUT2D eigenvalue weighted by Gasteiger charge is 2.31. The first-order valence-corrected chi connectivity index (χ1v) is 45.5. The lowest BCUT2D eigenvalue weighted by Crippen LogP contribution is -2.20. The molecule has 0 atom stereocenters. The number of aryl methyl sites for hydroxylation is 3. The molecule has 40 nitrogen and oxygen atoms in total. The van der Waals surface area contributed by atoms with E-state index in [0.717, 1.165) is 153 Å². The zero-order chi connectivity index (χ0) is 99.3. The van der Waals surface area contributed by atoms with E-state index in [-0.39, 0.29) is 118 Å². The van der Waals surface area contributed by atoms with Gasteiger partial charge in [0, 0.05) is 128 Å². The number of halogens is 8. The first-order chi connectivity index (χ1) is 68.3. The number of ether oxygens (including phenoxy) is 5. The van der Waals surface area contributed by atoms with Gasteiger partial charge < -0.3 is 62.2 Å². The number of benzene rings is 4. The summed E-state index contributed by atoms with van der Waals surface area (Å²) in [5.41, 5.74) is 31.3. The molecule has 48 heteroatoms. The van der Waals surface area contributed by atoms with Crippen LogP contribution in [0.15, 0.2) is 147 Å². The molecule has 10 N–H and O–H groups in total. The molecule has 1 aliphatic carbocycles. The molecule has 1 saturated heterocycles. The van der Waals surface area contributed by atoms with Crippen LogP contribution >= 0.6 is 0 Å². The summed E-state index contributed by atoms with van der Waals surface area (Å²) in [6, 6.07) is 18.2. The normalized spacial score (nSPS) is 13.7. The maximum absolute atomic E-state index is 15.2. The molecule has 2 aliphatic rings. The predicted molar refractivity (Wildman–Crippen MR) is 506 cm³/mol.